The molecule has 1 fully saturated rings. The van der Waals surface area contributed by atoms with Gasteiger partial charge in [-0.1, -0.05) is 0 Å². The van der Waals surface area contributed by atoms with Crippen molar-refractivity contribution < 1.29 is 8.42 Å². The molecule has 5 nitrogen and oxygen atoms in total. The van der Waals surface area contributed by atoms with Gasteiger partial charge in [0.05, 0.1) is 6.26 Å². The molecule has 0 bridgehead atoms. The van der Waals surface area contributed by atoms with Crippen LogP contribution in [0.3, 0.4) is 0 Å². The summed E-state index contributed by atoms with van der Waals surface area (Å²) in [6.45, 7) is 3.23. The van der Waals surface area contributed by atoms with Gasteiger partial charge in [-0.05, 0) is 25.9 Å². The minimum Gasteiger partial charge on any atom is -0.328 e. The van der Waals surface area contributed by atoms with Gasteiger partial charge in [0.2, 0.25) is 10.0 Å². The van der Waals surface area contributed by atoms with Gasteiger partial charge in [-0.15, -0.1) is 0 Å². The number of piperidine rings is 1. The summed E-state index contributed by atoms with van der Waals surface area (Å²) in [6, 6.07) is 0.328. The maximum Gasteiger partial charge on any atom is 0.208 e. The Bertz CT molecular complexity index is 258. The van der Waals surface area contributed by atoms with Crippen LogP contribution < -0.4 is 10.5 Å². The number of rotatable bonds is 4. The summed E-state index contributed by atoms with van der Waals surface area (Å²) in [7, 11) is -3.04. The van der Waals surface area contributed by atoms with Crippen molar-refractivity contribution in [3.63, 3.8) is 0 Å². The predicted molar refractivity (Wildman–Crippen MR) is 56.5 cm³/mol. The Morgan fingerprint density at radius 2 is 2.00 bits per heavy atom. The lowest BCUT2D eigenvalue weighted by Gasteiger charge is -2.29. The first-order chi connectivity index (χ1) is 6.47. The standard InChI is InChI=1S/C8H19N3O2S/c1-14(12,13)10-4-7-11-5-2-8(9)3-6-11/h8,10H,2-7,9H2,1H3. The quantitative estimate of drug-likeness (QED) is 0.636. The first-order valence-electron chi connectivity index (χ1n) is 4.90. The molecule has 84 valence electrons. The van der Waals surface area contributed by atoms with E-state index < -0.39 is 10.0 Å². The summed E-state index contributed by atoms with van der Waals surface area (Å²) in [4.78, 5) is 2.24. The van der Waals surface area contributed by atoms with E-state index in [0.29, 0.717) is 12.6 Å². The average molecular weight is 221 g/mol. The molecule has 0 spiro atoms. The molecule has 0 aromatic carbocycles. The van der Waals surface area contributed by atoms with Gasteiger partial charge in [0.15, 0.2) is 0 Å². The summed E-state index contributed by atoms with van der Waals surface area (Å²) in [5.74, 6) is 0. The van der Waals surface area contributed by atoms with Crippen molar-refractivity contribution in [3.8, 4) is 0 Å². The lowest BCUT2D eigenvalue weighted by atomic mass is 10.1. The van der Waals surface area contributed by atoms with Gasteiger partial charge in [-0.25, -0.2) is 13.1 Å². The van der Waals surface area contributed by atoms with Crippen LogP contribution in [0.5, 0.6) is 0 Å². The summed E-state index contributed by atoms with van der Waals surface area (Å²) in [6.07, 6.45) is 3.21. The number of hydrogen-bond donors (Lipinski definition) is 2. The topological polar surface area (TPSA) is 75.4 Å². The largest absolute Gasteiger partial charge is 0.328 e. The fraction of sp³-hybridized carbons (Fsp3) is 1.00. The summed E-state index contributed by atoms with van der Waals surface area (Å²) < 4.78 is 24.0. The predicted octanol–water partition coefficient (Wildman–Crippen LogP) is -1.04. The molecule has 0 saturated carbocycles. The molecule has 0 aromatic rings. The molecule has 1 aliphatic rings. The normalized spacial score (nSPS) is 21.3. The van der Waals surface area contributed by atoms with Crippen LogP contribution >= 0.6 is 0 Å². The van der Waals surface area contributed by atoms with Crippen LogP contribution in [-0.4, -0.2) is 51.8 Å². The fourth-order valence-electron chi connectivity index (χ4n) is 1.57. The number of likely N-dealkylation sites (tertiary alicyclic amines) is 1. The third kappa shape index (κ3) is 4.90. The van der Waals surface area contributed by atoms with Crippen molar-refractivity contribution in [2.45, 2.75) is 18.9 Å². The van der Waals surface area contributed by atoms with Crippen molar-refractivity contribution in [1.29, 1.82) is 0 Å². The highest BCUT2D eigenvalue weighted by Gasteiger charge is 2.15. The molecule has 14 heavy (non-hydrogen) atoms. The highest BCUT2D eigenvalue weighted by Crippen LogP contribution is 2.06. The van der Waals surface area contributed by atoms with Gasteiger partial charge < -0.3 is 10.6 Å². The molecule has 1 rings (SSSR count). The van der Waals surface area contributed by atoms with Crippen LogP contribution in [0.2, 0.25) is 0 Å². The van der Waals surface area contributed by atoms with E-state index in [-0.39, 0.29) is 0 Å². The van der Waals surface area contributed by atoms with Crippen LogP contribution in [0.25, 0.3) is 0 Å². The zero-order valence-corrected chi connectivity index (χ0v) is 9.39. The van der Waals surface area contributed by atoms with E-state index in [1.54, 1.807) is 0 Å². The average Bonchev–Trinajstić information content (AvgIpc) is 2.06. The van der Waals surface area contributed by atoms with Gasteiger partial charge in [-0.2, -0.15) is 0 Å². The Morgan fingerprint density at radius 3 is 2.50 bits per heavy atom. The van der Waals surface area contributed by atoms with E-state index in [2.05, 4.69) is 9.62 Å². The van der Waals surface area contributed by atoms with Gasteiger partial charge in [0.25, 0.3) is 0 Å². The Balaban J connectivity index is 2.14. The summed E-state index contributed by atoms with van der Waals surface area (Å²) >= 11 is 0. The van der Waals surface area contributed by atoms with E-state index in [9.17, 15) is 8.42 Å². The maximum absolute atomic E-state index is 10.8. The monoisotopic (exact) mass is 221 g/mol. The Hall–Kier alpha value is -0.170. The number of nitrogens with one attached hydrogen (secondary N) is 1. The Labute approximate surface area is 85.7 Å². The second-order valence-electron chi connectivity index (χ2n) is 3.85. The molecule has 0 unspecified atom stereocenters. The first-order valence-corrected chi connectivity index (χ1v) is 6.79. The lowest BCUT2D eigenvalue weighted by Crippen LogP contribution is -2.42. The van der Waals surface area contributed by atoms with Gasteiger partial charge in [-0.3, -0.25) is 0 Å². The molecule has 6 heteroatoms. The molecule has 0 amide bonds. The summed E-state index contributed by atoms with van der Waals surface area (Å²) in [5.41, 5.74) is 5.76. The van der Waals surface area contributed by atoms with Gasteiger partial charge in [0, 0.05) is 19.1 Å². The maximum atomic E-state index is 10.8. The van der Waals surface area contributed by atoms with Crippen molar-refractivity contribution in [2.24, 2.45) is 5.73 Å². The first kappa shape index (κ1) is 11.9. The van der Waals surface area contributed by atoms with E-state index in [4.69, 9.17) is 5.73 Å². The van der Waals surface area contributed by atoms with E-state index in [1.165, 1.54) is 6.26 Å². The van der Waals surface area contributed by atoms with Crippen molar-refractivity contribution >= 4 is 10.0 Å². The minimum absolute atomic E-state index is 0.328. The third-order valence-electron chi connectivity index (χ3n) is 2.42. The van der Waals surface area contributed by atoms with Crippen molar-refractivity contribution in [2.75, 3.05) is 32.4 Å². The van der Waals surface area contributed by atoms with E-state index >= 15 is 0 Å². The molecule has 0 radical (unpaired) electrons. The van der Waals surface area contributed by atoms with Gasteiger partial charge >= 0.3 is 0 Å². The SMILES string of the molecule is CS(=O)(=O)NCCN1CCC(N)CC1. The van der Waals surface area contributed by atoms with Crippen LogP contribution in [0.4, 0.5) is 0 Å². The molecule has 1 saturated heterocycles. The molecule has 0 atom stereocenters. The minimum atomic E-state index is -3.04. The zero-order chi connectivity index (χ0) is 10.6. The number of nitrogens with zero attached hydrogens (tertiary/aromatic N) is 1. The van der Waals surface area contributed by atoms with E-state index in [1.807, 2.05) is 0 Å². The molecule has 3 N–H and O–H groups in total. The smallest absolute Gasteiger partial charge is 0.208 e. The Kier molecular flexibility index (Phi) is 4.31. The highest BCUT2D eigenvalue weighted by atomic mass is 32.2. The third-order valence-corrected chi connectivity index (χ3v) is 3.15. The highest BCUT2D eigenvalue weighted by molar-refractivity contribution is 7.88. The van der Waals surface area contributed by atoms with Crippen LogP contribution in [0.1, 0.15) is 12.8 Å². The second-order valence-corrected chi connectivity index (χ2v) is 5.68. The summed E-state index contributed by atoms with van der Waals surface area (Å²) in [5, 5.41) is 0. The second kappa shape index (κ2) is 5.06. The van der Waals surface area contributed by atoms with E-state index in [0.717, 1.165) is 32.5 Å². The lowest BCUT2D eigenvalue weighted by molar-refractivity contribution is 0.217. The van der Waals surface area contributed by atoms with Crippen molar-refractivity contribution in [3.05, 3.63) is 0 Å². The van der Waals surface area contributed by atoms with Crippen LogP contribution in [0.15, 0.2) is 0 Å². The fourth-order valence-corrected chi connectivity index (χ4v) is 2.03. The number of hydrogen-bond acceptors (Lipinski definition) is 4. The molecule has 1 heterocycles. The molecule has 0 aliphatic carbocycles. The molecule has 1 aliphatic heterocycles. The Morgan fingerprint density at radius 1 is 1.43 bits per heavy atom. The molecule has 0 aromatic heterocycles. The molecular weight excluding hydrogens is 202 g/mol. The van der Waals surface area contributed by atoms with Gasteiger partial charge in [0.1, 0.15) is 0 Å². The number of sulfonamides is 1. The number of nitrogens with two attached hydrogens (primary N) is 1. The van der Waals surface area contributed by atoms with Crippen molar-refractivity contribution in [1.82, 2.24) is 9.62 Å². The van der Waals surface area contributed by atoms with Crippen LogP contribution in [0, 0.1) is 0 Å². The van der Waals surface area contributed by atoms with Crippen LogP contribution in [-0.2, 0) is 10.0 Å². The molecular formula is C8H19N3O2S. The zero-order valence-electron chi connectivity index (χ0n) is 8.57.